The van der Waals surface area contributed by atoms with Crippen molar-refractivity contribution in [1.82, 2.24) is 9.55 Å². The molecule has 0 fully saturated rings. The first-order chi connectivity index (χ1) is 15.6. The van der Waals surface area contributed by atoms with Crippen molar-refractivity contribution in [2.24, 2.45) is 0 Å². The maximum absolute atomic E-state index is 12.8. The Morgan fingerprint density at radius 1 is 1.15 bits per heavy atom. The van der Waals surface area contributed by atoms with Crippen LogP contribution >= 0.6 is 11.3 Å². The highest BCUT2D eigenvalue weighted by Crippen LogP contribution is 2.33. The number of aliphatic carboxylic acids is 1. The molecule has 2 heterocycles. The van der Waals surface area contributed by atoms with Crippen molar-refractivity contribution < 1.29 is 27.8 Å². The number of benzene rings is 2. The summed E-state index contributed by atoms with van der Waals surface area (Å²) in [5, 5.41) is 10.7. The summed E-state index contributed by atoms with van der Waals surface area (Å²) in [6.07, 6.45) is -2.03. The Balaban J connectivity index is 1.46. The second-order valence-corrected chi connectivity index (χ2v) is 8.80. The first-order valence-corrected chi connectivity index (χ1v) is 11.0. The Labute approximate surface area is 192 Å². The van der Waals surface area contributed by atoms with Gasteiger partial charge in [-0.15, -0.1) is 11.3 Å². The third-order valence-electron chi connectivity index (χ3n) is 5.31. The first kappa shape index (κ1) is 22.8. The highest BCUT2D eigenvalue weighted by molar-refractivity contribution is 7.15. The van der Waals surface area contributed by atoms with E-state index in [1.54, 1.807) is 10.8 Å². The van der Waals surface area contributed by atoms with Crippen LogP contribution in [0.3, 0.4) is 0 Å². The Kier molecular flexibility index (Phi) is 6.16. The lowest BCUT2D eigenvalue weighted by Crippen LogP contribution is -2.07. The van der Waals surface area contributed by atoms with Crippen LogP contribution < -0.4 is 4.74 Å². The topological polar surface area (TPSA) is 64.4 Å². The molecule has 33 heavy (non-hydrogen) atoms. The molecular weight excluding hydrogens is 453 g/mol. The summed E-state index contributed by atoms with van der Waals surface area (Å²) in [4.78, 5) is 16.6. The first-order valence-electron chi connectivity index (χ1n) is 10.2. The highest BCUT2D eigenvalue weighted by atomic mass is 32.1. The van der Waals surface area contributed by atoms with Crippen LogP contribution in [-0.2, 0) is 23.9 Å². The summed E-state index contributed by atoms with van der Waals surface area (Å²) in [6.45, 7) is 4.07. The number of halogens is 3. The van der Waals surface area contributed by atoms with E-state index in [2.05, 4.69) is 4.98 Å². The molecule has 0 unspecified atom stereocenters. The van der Waals surface area contributed by atoms with Crippen LogP contribution in [0.5, 0.6) is 5.75 Å². The van der Waals surface area contributed by atoms with Crippen molar-refractivity contribution in [1.29, 1.82) is 0 Å². The molecule has 2 aromatic carbocycles. The number of aryl methyl sites for hydroxylation is 2. The van der Waals surface area contributed by atoms with E-state index in [-0.39, 0.29) is 6.54 Å². The zero-order chi connectivity index (χ0) is 23.8. The number of nitrogens with zero attached hydrogens (tertiary/aromatic N) is 2. The summed E-state index contributed by atoms with van der Waals surface area (Å²) in [5.74, 6) is -0.238. The molecule has 9 heteroatoms. The van der Waals surface area contributed by atoms with Gasteiger partial charge in [0.2, 0.25) is 0 Å². The largest absolute Gasteiger partial charge is 0.493 e. The number of carbonyl (C=O) groups is 1. The quantitative estimate of drug-likeness (QED) is 0.351. The maximum atomic E-state index is 12.8. The Hall–Kier alpha value is -3.33. The minimum Gasteiger partial charge on any atom is -0.493 e. The van der Waals surface area contributed by atoms with Crippen LogP contribution in [0.15, 0.2) is 48.7 Å². The van der Waals surface area contributed by atoms with E-state index in [1.165, 1.54) is 23.5 Å². The van der Waals surface area contributed by atoms with Crippen molar-refractivity contribution in [3.8, 4) is 16.3 Å². The molecule has 0 aliphatic rings. The molecule has 5 nitrogen and oxygen atoms in total. The molecular formula is C24H21F3N2O3S. The fourth-order valence-electron chi connectivity index (χ4n) is 3.61. The molecule has 0 spiro atoms. The van der Waals surface area contributed by atoms with E-state index < -0.39 is 17.7 Å². The lowest BCUT2D eigenvalue weighted by Gasteiger charge is -2.10. The average Bonchev–Trinajstić information content (AvgIpc) is 3.30. The highest BCUT2D eigenvalue weighted by Gasteiger charge is 2.30. The van der Waals surface area contributed by atoms with Crippen molar-refractivity contribution in [3.05, 3.63) is 70.4 Å². The number of aromatic nitrogens is 2. The van der Waals surface area contributed by atoms with Gasteiger partial charge in [-0.2, -0.15) is 13.2 Å². The van der Waals surface area contributed by atoms with E-state index in [0.717, 1.165) is 39.2 Å². The Morgan fingerprint density at radius 3 is 2.55 bits per heavy atom. The molecule has 1 N–H and O–H groups in total. The Morgan fingerprint density at radius 2 is 1.88 bits per heavy atom. The standard InChI is InChI=1S/C24H21F3N2O3S/c1-14-11-17-7-9-29(13-22(30)31)19(17)12-20(14)32-10-8-21-15(2)28-23(33-21)16-3-5-18(6-4-16)24(25,26)27/h3-7,9,11-12H,8,10,13H2,1-2H3,(H,30,31). The van der Waals surface area contributed by atoms with Gasteiger partial charge in [-0.1, -0.05) is 12.1 Å². The fourth-order valence-corrected chi connectivity index (χ4v) is 4.66. The number of thiazole rings is 1. The summed E-state index contributed by atoms with van der Waals surface area (Å²) >= 11 is 1.44. The van der Waals surface area contributed by atoms with Crippen LogP contribution in [0.2, 0.25) is 0 Å². The summed E-state index contributed by atoms with van der Waals surface area (Å²) in [7, 11) is 0. The number of rotatable bonds is 7. The molecule has 0 radical (unpaired) electrons. The number of fused-ring (bicyclic) bond motifs is 1. The third-order valence-corrected chi connectivity index (χ3v) is 6.58. The second-order valence-electron chi connectivity index (χ2n) is 7.72. The predicted octanol–water partition coefficient (Wildman–Crippen LogP) is 6.11. The number of alkyl halides is 3. The molecule has 4 aromatic rings. The molecule has 172 valence electrons. The summed E-state index contributed by atoms with van der Waals surface area (Å²) in [5.41, 5.74) is 2.51. The Bertz CT molecular complexity index is 1310. The molecule has 0 saturated carbocycles. The van der Waals surface area contributed by atoms with Crippen molar-refractivity contribution >= 4 is 28.2 Å². The van der Waals surface area contributed by atoms with E-state index in [4.69, 9.17) is 9.84 Å². The van der Waals surface area contributed by atoms with Crippen LogP contribution in [-0.4, -0.2) is 27.2 Å². The molecule has 0 atom stereocenters. The van der Waals surface area contributed by atoms with Crippen molar-refractivity contribution in [3.63, 3.8) is 0 Å². The van der Waals surface area contributed by atoms with E-state index in [9.17, 15) is 18.0 Å². The van der Waals surface area contributed by atoms with Gasteiger partial charge in [0, 0.05) is 34.5 Å². The van der Waals surface area contributed by atoms with Gasteiger partial charge < -0.3 is 14.4 Å². The SMILES string of the molecule is Cc1cc2ccn(CC(=O)O)c2cc1OCCc1sc(-c2ccc(C(F)(F)F)cc2)nc1C. The van der Waals surface area contributed by atoms with E-state index >= 15 is 0 Å². The molecule has 0 saturated heterocycles. The van der Waals surface area contributed by atoms with Gasteiger partial charge in [-0.3, -0.25) is 4.79 Å². The summed E-state index contributed by atoms with van der Waals surface area (Å²) < 4.78 is 46.0. The van der Waals surface area contributed by atoms with Gasteiger partial charge in [-0.25, -0.2) is 4.98 Å². The fraction of sp³-hybridized carbons (Fsp3) is 0.250. The smallest absolute Gasteiger partial charge is 0.416 e. The number of carboxylic acids is 1. The molecule has 2 aromatic heterocycles. The lowest BCUT2D eigenvalue weighted by atomic mass is 10.1. The van der Waals surface area contributed by atoms with Crippen LogP contribution in [0.25, 0.3) is 21.5 Å². The zero-order valence-corrected chi connectivity index (χ0v) is 18.8. The number of ether oxygens (including phenoxy) is 1. The van der Waals surface area contributed by atoms with E-state index in [0.29, 0.717) is 29.3 Å². The van der Waals surface area contributed by atoms with Crippen LogP contribution in [0.1, 0.15) is 21.7 Å². The van der Waals surface area contributed by atoms with Gasteiger partial charge in [0.05, 0.1) is 23.4 Å². The van der Waals surface area contributed by atoms with Crippen molar-refractivity contribution in [2.45, 2.75) is 33.0 Å². The monoisotopic (exact) mass is 474 g/mol. The van der Waals surface area contributed by atoms with Gasteiger partial charge in [0.1, 0.15) is 17.3 Å². The van der Waals surface area contributed by atoms with Gasteiger partial charge >= 0.3 is 12.1 Å². The van der Waals surface area contributed by atoms with Crippen LogP contribution in [0.4, 0.5) is 13.2 Å². The van der Waals surface area contributed by atoms with Crippen LogP contribution in [0, 0.1) is 13.8 Å². The lowest BCUT2D eigenvalue weighted by molar-refractivity contribution is -0.138. The van der Waals surface area contributed by atoms with Crippen molar-refractivity contribution in [2.75, 3.05) is 6.61 Å². The number of hydrogen-bond donors (Lipinski definition) is 1. The predicted molar refractivity (Wildman–Crippen MR) is 121 cm³/mol. The molecule has 0 bridgehead atoms. The molecule has 0 aliphatic carbocycles. The van der Waals surface area contributed by atoms with Gasteiger partial charge in [0.25, 0.3) is 0 Å². The zero-order valence-electron chi connectivity index (χ0n) is 17.9. The number of carboxylic acid groups (broad SMARTS) is 1. The maximum Gasteiger partial charge on any atom is 0.416 e. The molecule has 0 aliphatic heterocycles. The second kappa shape index (κ2) is 8.90. The minimum atomic E-state index is -4.36. The molecule has 0 amide bonds. The average molecular weight is 475 g/mol. The normalized spacial score (nSPS) is 11.8. The summed E-state index contributed by atoms with van der Waals surface area (Å²) in [6, 6.07) is 10.7. The van der Waals surface area contributed by atoms with Gasteiger partial charge in [-0.05, 0) is 43.7 Å². The van der Waals surface area contributed by atoms with Gasteiger partial charge in [0.15, 0.2) is 0 Å². The number of hydrogen-bond acceptors (Lipinski definition) is 4. The third kappa shape index (κ3) is 5.03. The molecule has 4 rings (SSSR count). The van der Waals surface area contributed by atoms with E-state index in [1.807, 2.05) is 32.0 Å². The minimum absolute atomic E-state index is 0.126.